The topological polar surface area (TPSA) is 40.5 Å². The van der Waals surface area contributed by atoms with E-state index < -0.39 is 12.0 Å². The fourth-order valence-electron chi connectivity index (χ4n) is 4.33. The second-order valence-corrected chi connectivity index (χ2v) is 8.51. The van der Waals surface area contributed by atoms with E-state index in [1.165, 1.54) is 5.56 Å². The summed E-state index contributed by atoms with van der Waals surface area (Å²) in [6.07, 6.45) is 0.0488. The van der Waals surface area contributed by atoms with Gasteiger partial charge < -0.3 is 10.0 Å². The number of aliphatic hydroxyl groups is 1. The molecule has 28 heavy (non-hydrogen) atoms. The molecular formula is C24H21NO2S. The Kier molecular flexibility index (Phi) is 4.46. The van der Waals surface area contributed by atoms with Crippen molar-refractivity contribution in [1.29, 1.82) is 0 Å². The van der Waals surface area contributed by atoms with Crippen LogP contribution in [0.25, 0.3) is 0 Å². The Morgan fingerprint density at radius 3 is 2.50 bits per heavy atom. The van der Waals surface area contributed by atoms with Gasteiger partial charge in [-0.2, -0.15) is 0 Å². The van der Waals surface area contributed by atoms with Gasteiger partial charge in [-0.1, -0.05) is 66.7 Å². The molecule has 1 amide bonds. The largest absolute Gasteiger partial charge is 0.387 e. The minimum atomic E-state index is -0.817. The van der Waals surface area contributed by atoms with Crippen LogP contribution in [-0.4, -0.2) is 17.6 Å². The number of hydrogen-bond donors (Lipinski definition) is 1. The number of aliphatic hydroxyl groups excluding tert-OH is 1. The van der Waals surface area contributed by atoms with E-state index in [9.17, 15) is 9.90 Å². The number of fused-ring (bicyclic) bond motifs is 2. The van der Waals surface area contributed by atoms with Gasteiger partial charge in [-0.3, -0.25) is 4.79 Å². The first-order valence-electron chi connectivity index (χ1n) is 9.62. The van der Waals surface area contributed by atoms with Crippen LogP contribution in [0.4, 0.5) is 5.69 Å². The summed E-state index contributed by atoms with van der Waals surface area (Å²) in [6.45, 7) is 0.676. The Hall–Kier alpha value is -2.56. The smallest absolute Gasteiger partial charge is 0.234 e. The molecule has 0 fully saturated rings. The fraction of sp³-hybridized carbons (Fsp3) is 0.208. The molecule has 0 aliphatic carbocycles. The zero-order valence-corrected chi connectivity index (χ0v) is 16.2. The molecular weight excluding hydrogens is 366 g/mol. The lowest BCUT2D eigenvalue weighted by atomic mass is 9.87. The standard InChI is InChI=1S/C24H21NO2S/c26-22-18-11-5-7-13-20(18)28-23(17-9-2-1-3-10-17)21(22)24(27)25-15-14-16-8-4-6-12-19(16)25/h1-13,21-23,26H,14-15H2/t21-,22+,23+/m1/s1. The number of thioether (sulfide) groups is 1. The predicted octanol–water partition coefficient (Wildman–Crippen LogP) is 4.77. The number of anilines is 1. The van der Waals surface area contributed by atoms with Crippen molar-refractivity contribution < 1.29 is 9.90 Å². The highest BCUT2D eigenvalue weighted by Gasteiger charge is 2.44. The lowest BCUT2D eigenvalue weighted by molar-refractivity contribution is -0.126. The van der Waals surface area contributed by atoms with E-state index in [1.54, 1.807) is 11.8 Å². The average Bonchev–Trinajstić information content (AvgIpc) is 3.18. The minimum absolute atomic E-state index is 0.00769. The van der Waals surface area contributed by atoms with Gasteiger partial charge in [0.15, 0.2) is 0 Å². The third-order valence-corrected chi connectivity index (χ3v) is 7.17. The zero-order chi connectivity index (χ0) is 19.1. The highest BCUT2D eigenvalue weighted by Crippen LogP contribution is 2.53. The van der Waals surface area contributed by atoms with Crippen LogP contribution in [-0.2, 0) is 11.2 Å². The summed E-state index contributed by atoms with van der Waals surface area (Å²) in [4.78, 5) is 16.6. The van der Waals surface area contributed by atoms with Gasteiger partial charge in [0.1, 0.15) is 0 Å². The molecule has 4 heteroatoms. The van der Waals surface area contributed by atoms with Crippen LogP contribution in [0.2, 0.25) is 0 Å². The zero-order valence-electron chi connectivity index (χ0n) is 15.4. The number of rotatable bonds is 2. The first-order chi connectivity index (χ1) is 13.7. The van der Waals surface area contributed by atoms with Crippen LogP contribution in [0.5, 0.6) is 0 Å². The van der Waals surface area contributed by atoms with Crippen LogP contribution < -0.4 is 4.90 Å². The van der Waals surface area contributed by atoms with Crippen molar-refractivity contribution in [2.75, 3.05) is 11.4 Å². The van der Waals surface area contributed by atoms with Crippen LogP contribution in [0.15, 0.2) is 83.8 Å². The Labute approximate surface area is 169 Å². The maximum Gasteiger partial charge on any atom is 0.234 e. The van der Waals surface area contributed by atoms with Gasteiger partial charge in [-0.25, -0.2) is 0 Å². The van der Waals surface area contributed by atoms with Crippen LogP contribution >= 0.6 is 11.8 Å². The molecule has 0 saturated heterocycles. The van der Waals surface area contributed by atoms with E-state index in [0.29, 0.717) is 6.54 Å². The van der Waals surface area contributed by atoms with Crippen LogP contribution in [0, 0.1) is 5.92 Å². The van der Waals surface area contributed by atoms with Crippen LogP contribution in [0.1, 0.15) is 28.0 Å². The van der Waals surface area contributed by atoms with Gasteiger partial charge in [-0.15, -0.1) is 11.8 Å². The summed E-state index contributed by atoms with van der Waals surface area (Å²) >= 11 is 1.68. The molecule has 0 bridgehead atoms. The molecule has 3 atom stereocenters. The molecule has 2 heterocycles. The molecule has 3 aromatic rings. The van der Waals surface area contributed by atoms with E-state index >= 15 is 0 Å². The monoisotopic (exact) mass is 387 g/mol. The quantitative estimate of drug-likeness (QED) is 0.688. The molecule has 0 spiro atoms. The number of nitrogens with zero attached hydrogens (tertiary/aromatic N) is 1. The molecule has 140 valence electrons. The number of amides is 1. The molecule has 2 aliphatic heterocycles. The average molecular weight is 388 g/mol. The summed E-state index contributed by atoms with van der Waals surface area (Å²) < 4.78 is 0. The summed E-state index contributed by atoms with van der Waals surface area (Å²) in [5.74, 6) is -0.512. The van der Waals surface area contributed by atoms with Crippen molar-refractivity contribution in [2.24, 2.45) is 5.92 Å². The first-order valence-corrected chi connectivity index (χ1v) is 10.5. The van der Waals surface area contributed by atoms with Crippen LogP contribution in [0.3, 0.4) is 0 Å². The van der Waals surface area contributed by atoms with E-state index in [1.807, 2.05) is 65.6 Å². The van der Waals surface area contributed by atoms with E-state index in [2.05, 4.69) is 18.2 Å². The first kappa shape index (κ1) is 17.5. The highest BCUT2D eigenvalue weighted by molar-refractivity contribution is 7.99. The molecule has 0 radical (unpaired) electrons. The van der Waals surface area contributed by atoms with E-state index in [-0.39, 0.29) is 11.2 Å². The molecule has 1 N–H and O–H groups in total. The highest BCUT2D eigenvalue weighted by atomic mass is 32.2. The maximum atomic E-state index is 13.7. The van der Waals surface area contributed by atoms with Gasteiger partial charge in [0.2, 0.25) is 5.91 Å². The van der Waals surface area contributed by atoms with Crippen molar-refractivity contribution in [2.45, 2.75) is 22.7 Å². The van der Waals surface area contributed by atoms with Gasteiger partial charge in [-0.05, 0) is 35.2 Å². The van der Waals surface area contributed by atoms with Crippen molar-refractivity contribution in [3.05, 3.63) is 95.6 Å². The summed E-state index contributed by atoms with van der Waals surface area (Å²) in [6, 6.07) is 26.0. The fourth-order valence-corrected chi connectivity index (χ4v) is 5.79. The third kappa shape index (κ3) is 2.84. The summed E-state index contributed by atoms with van der Waals surface area (Å²) in [7, 11) is 0. The minimum Gasteiger partial charge on any atom is -0.387 e. The Bertz CT molecular complexity index is 1020. The van der Waals surface area contributed by atoms with Gasteiger partial charge in [0.25, 0.3) is 0 Å². The number of carbonyl (C=O) groups is 1. The molecule has 3 nitrogen and oxygen atoms in total. The summed E-state index contributed by atoms with van der Waals surface area (Å²) in [5, 5.41) is 11.2. The van der Waals surface area contributed by atoms with Gasteiger partial charge >= 0.3 is 0 Å². The van der Waals surface area contributed by atoms with Crippen molar-refractivity contribution in [3.63, 3.8) is 0 Å². The molecule has 0 aromatic heterocycles. The predicted molar refractivity (Wildman–Crippen MR) is 112 cm³/mol. The van der Waals surface area contributed by atoms with Gasteiger partial charge in [0.05, 0.1) is 12.0 Å². The molecule has 5 rings (SSSR count). The third-order valence-electron chi connectivity index (χ3n) is 5.72. The number of benzene rings is 3. The Morgan fingerprint density at radius 2 is 1.64 bits per heavy atom. The Balaban J connectivity index is 1.58. The second-order valence-electron chi connectivity index (χ2n) is 7.33. The Morgan fingerprint density at radius 1 is 0.929 bits per heavy atom. The van der Waals surface area contributed by atoms with E-state index in [0.717, 1.165) is 28.1 Å². The van der Waals surface area contributed by atoms with Crippen molar-refractivity contribution in [3.8, 4) is 0 Å². The van der Waals surface area contributed by atoms with Gasteiger partial charge in [0, 0.05) is 22.4 Å². The number of hydrogen-bond acceptors (Lipinski definition) is 3. The second kappa shape index (κ2) is 7.12. The van der Waals surface area contributed by atoms with Crippen molar-refractivity contribution in [1.82, 2.24) is 0 Å². The number of para-hydroxylation sites is 1. The lowest BCUT2D eigenvalue weighted by Crippen LogP contribution is -2.41. The summed E-state index contributed by atoms with van der Waals surface area (Å²) in [5.41, 5.74) is 4.11. The molecule has 0 unspecified atom stereocenters. The normalized spacial score (nSPS) is 23.2. The van der Waals surface area contributed by atoms with Crippen molar-refractivity contribution >= 4 is 23.4 Å². The molecule has 2 aliphatic rings. The van der Waals surface area contributed by atoms with E-state index in [4.69, 9.17) is 0 Å². The molecule has 3 aromatic carbocycles. The lowest BCUT2D eigenvalue weighted by Gasteiger charge is -2.37. The maximum absolute atomic E-state index is 13.7. The SMILES string of the molecule is O=C([C@@H]1[C@@H](O)c2ccccc2S[C@H]1c1ccccc1)N1CCc2ccccc21. The number of carbonyl (C=O) groups excluding carboxylic acids is 1. The molecule has 0 saturated carbocycles.